The lowest BCUT2D eigenvalue weighted by Crippen LogP contribution is -2.16. The van der Waals surface area contributed by atoms with Gasteiger partial charge in [0.25, 0.3) is 0 Å². The summed E-state index contributed by atoms with van der Waals surface area (Å²) in [5, 5.41) is 0. The van der Waals surface area contributed by atoms with E-state index >= 15 is 0 Å². The molecule has 0 aliphatic carbocycles. The van der Waals surface area contributed by atoms with E-state index in [1.807, 2.05) is 0 Å². The van der Waals surface area contributed by atoms with Crippen molar-refractivity contribution in [3.05, 3.63) is 24.3 Å². The SMILES string of the molecule is NC(CC1CCS(=O)(=O)C1)c1cncnc1. The van der Waals surface area contributed by atoms with E-state index < -0.39 is 9.84 Å². The maximum atomic E-state index is 11.3. The monoisotopic (exact) mass is 241 g/mol. The minimum absolute atomic E-state index is 0.167. The summed E-state index contributed by atoms with van der Waals surface area (Å²) in [6.45, 7) is 0. The van der Waals surface area contributed by atoms with Crippen LogP contribution in [0.1, 0.15) is 24.4 Å². The molecule has 0 saturated carbocycles. The van der Waals surface area contributed by atoms with Crippen molar-refractivity contribution in [2.75, 3.05) is 11.5 Å². The smallest absolute Gasteiger partial charge is 0.150 e. The minimum atomic E-state index is -2.81. The fourth-order valence-corrected chi connectivity index (χ4v) is 3.94. The Bertz CT molecular complexity index is 446. The van der Waals surface area contributed by atoms with E-state index in [4.69, 9.17) is 5.73 Å². The molecule has 16 heavy (non-hydrogen) atoms. The van der Waals surface area contributed by atoms with Gasteiger partial charge in [0.15, 0.2) is 9.84 Å². The van der Waals surface area contributed by atoms with Gasteiger partial charge in [-0.25, -0.2) is 18.4 Å². The van der Waals surface area contributed by atoms with Crippen LogP contribution >= 0.6 is 0 Å². The van der Waals surface area contributed by atoms with Gasteiger partial charge >= 0.3 is 0 Å². The van der Waals surface area contributed by atoms with Gasteiger partial charge in [-0.1, -0.05) is 0 Å². The van der Waals surface area contributed by atoms with E-state index in [-0.39, 0.29) is 17.7 Å². The first kappa shape index (κ1) is 11.5. The lowest BCUT2D eigenvalue weighted by Gasteiger charge is -2.14. The summed E-state index contributed by atoms with van der Waals surface area (Å²) in [5.41, 5.74) is 6.86. The summed E-state index contributed by atoms with van der Waals surface area (Å²) in [4.78, 5) is 7.80. The van der Waals surface area contributed by atoms with Gasteiger partial charge in [0.1, 0.15) is 6.33 Å². The van der Waals surface area contributed by atoms with E-state index in [1.165, 1.54) is 6.33 Å². The lowest BCUT2D eigenvalue weighted by molar-refractivity contribution is 0.480. The predicted molar refractivity (Wildman–Crippen MR) is 60.3 cm³/mol. The highest BCUT2D eigenvalue weighted by atomic mass is 32.2. The zero-order valence-electron chi connectivity index (χ0n) is 8.91. The first-order valence-electron chi connectivity index (χ1n) is 5.28. The van der Waals surface area contributed by atoms with Gasteiger partial charge in [-0.15, -0.1) is 0 Å². The van der Waals surface area contributed by atoms with E-state index in [1.54, 1.807) is 12.4 Å². The molecule has 0 spiro atoms. The number of rotatable bonds is 3. The van der Waals surface area contributed by atoms with Crippen LogP contribution in [0.2, 0.25) is 0 Å². The first-order chi connectivity index (χ1) is 7.57. The van der Waals surface area contributed by atoms with Crippen molar-refractivity contribution < 1.29 is 8.42 Å². The molecule has 1 aliphatic rings. The summed E-state index contributed by atoms with van der Waals surface area (Å²) in [6.07, 6.45) is 6.23. The van der Waals surface area contributed by atoms with Crippen LogP contribution in [0.3, 0.4) is 0 Å². The van der Waals surface area contributed by atoms with Crippen LogP contribution in [0.25, 0.3) is 0 Å². The molecule has 0 aromatic carbocycles. The summed E-state index contributed by atoms with van der Waals surface area (Å²) in [5.74, 6) is 0.754. The van der Waals surface area contributed by atoms with Gasteiger partial charge in [0.05, 0.1) is 11.5 Å². The Labute approximate surface area is 95.0 Å². The van der Waals surface area contributed by atoms with Gasteiger partial charge in [0.2, 0.25) is 0 Å². The molecule has 5 nitrogen and oxygen atoms in total. The summed E-state index contributed by atoms with van der Waals surface area (Å²) in [6, 6.07) is -0.167. The molecule has 2 unspecified atom stereocenters. The average Bonchev–Trinajstić information content (AvgIpc) is 2.59. The van der Waals surface area contributed by atoms with Crippen LogP contribution in [0.5, 0.6) is 0 Å². The Balaban J connectivity index is 1.96. The van der Waals surface area contributed by atoms with E-state index in [9.17, 15) is 8.42 Å². The number of nitrogens with two attached hydrogens (primary N) is 1. The van der Waals surface area contributed by atoms with Gasteiger partial charge in [-0.05, 0) is 18.8 Å². The predicted octanol–water partition coefficient (Wildman–Crippen LogP) is 0.301. The summed E-state index contributed by atoms with van der Waals surface area (Å²) >= 11 is 0. The fraction of sp³-hybridized carbons (Fsp3) is 0.600. The highest BCUT2D eigenvalue weighted by molar-refractivity contribution is 7.91. The number of hydrogen-bond donors (Lipinski definition) is 1. The van der Waals surface area contributed by atoms with E-state index in [0.29, 0.717) is 12.2 Å². The van der Waals surface area contributed by atoms with Crippen molar-refractivity contribution >= 4 is 9.84 Å². The quantitative estimate of drug-likeness (QED) is 0.822. The zero-order valence-corrected chi connectivity index (χ0v) is 9.73. The van der Waals surface area contributed by atoms with Crippen molar-refractivity contribution in [2.45, 2.75) is 18.9 Å². The number of aromatic nitrogens is 2. The average molecular weight is 241 g/mol. The molecule has 0 radical (unpaired) electrons. The molecule has 2 N–H and O–H groups in total. The van der Waals surface area contributed by atoms with Crippen LogP contribution in [0, 0.1) is 5.92 Å². The van der Waals surface area contributed by atoms with Crippen LogP contribution in [0.15, 0.2) is 18.7 Å². The second kappa shape index (κ2) is 4.47. The van der Waals surface area contributed by atoms with Crippen LogP contribution in [0.4, 0.5) is 0 Å². The third-order valence-corrected chi connectivity index (χ3v) is 4.76. The number of nitrogens with zero attached hydrogens (tertiary/aromatic N) is 2. The number of hydrogen-bond acceptors (Lipinski definition) is 5. The van der Waals surface area contributed by atoms with Crippen molar-refractivity contribution in [3.63, 3.8) is 0 Å². The van der Waals surface area contributed by atoms with E-state index in [0.717, 1.165) is 12.0 Å². The van der Waals surface area contributed by atoms with Crippen LogP contribution < -0.4 is 5.73 Å². The molecular formula is C10H15N3O2S. The maximum absolute atomic E-state index is 11.3. The Morgan fingerprint density at radius 1 is 1.44 bits per heavy atom. The van der Waals surface area contributed by atoms with Gasteiger partial charge in [-0.2, -0.15) is 0 Å². The van der Waals surface area contributed by atoms with Crippen molar-refractivity contribution in [1.82, 2.24) is 9.97 Å². The van der Waals surface area contributed by atoms with Gasteiger partial charge in [0, 0.05) is 24.0 Å². The highest BCUT2D eigenvalue weighted by Crippen LogP contribution is 2.26. The molecule has 0 amide bonds. The molecule has 2 heterocycles. The molecule has 0 bridgehead atoms. The van der Waals surface area contributed by atoms with Crippen LogP contribution in [-0.2, 0) is 9.84 Å². The molecule has 1 aromatic rings. The second-order valence-electron chi connectivity index (χ2n) is 4.28. The molecule has 88 valence electrons. The standard InChI is InChI=1S/C10H15N3O2S/c11-10(9-4-12-7-13-5-9)3-8-1-2-16(14,15)6-8/h4-5,7-8,10H,1-3,6,11H2. The van der Waals surface area contributed by atoms with Gasteiger partial charge < -0.3 is 5.73 Å². The van der Waals surface area contributed by atoms with Crippen molar-refractivity contribution in [3.8, 4) is 0 Å². The zero-order chi connectivity index (χ0) is 11.6. The third kappa shape index (κ3) is 2.76. The molecule has 6 heteroatoms. The normalized spacial score (nSPS) is 25.4. The maximum Gasteiger partial charge on any atom is 0.150 e. The topological polar surface area (TPSA) is 85.9 Å². The highest BCUT2D eigenvalue weighted by Gasteiger charge is 2.29. The lowest BCUT2D eigenvalue weighted by atomic mass is 9.96. The summed E-state index contributed by atoms with van der Waals surface area (Å²) in [7, 11) is -2.81. The molecule has 1 aliphatic heterocycles. The molecule has 1 saturated heterocycles. The Morgan fingerprint density at radius 3 is 2.69 bits per heavy atom. The van der Waals surface area contributed by atoms with Crippen LogP contribution in [-0.4, -0.2) is 29.9 Å². The Hall–Kier alpha value is -1.01. The Morgan fingerprint density at radius 2 is 2.12 bits per heavy atom. The molecule has 1 aromatic heterocycles. The fourth-order valence-electron chi connectivity index (χ4n) is 2.06. The largest absolute Gasteiger partial charge is 0.324 e. The van der Waals surface area contributed by atoms with Crippen molar-refractivity contribution in [2.24, 2.45) is 11.7 Å². The Kier molecular flexibility index (Phi) is 3.20. The number of sulfone groups is 1. The minimum Gasteiger partial charge on any atom is -0.324 e. The molecular weight excluding hydrogens is 226 g/mol. The molecule has 2 atom stereocenters. The second-order valence-corrected chi connectivity index (χ2v) is 6.51. The first-order valence-corrected chi connectivity index (χ1v) is 7.10. The van der Waals surface area contributed by atoms with Crippen molar-refractivity contribution in [1.29, 1.82) is 0 Å². The van der Waals surface area contributed by atoms with E-state index in [2.05, 4.69) is 9.97 Å². The summed E-state index contributed by atoms with van der Waals surface area (Å²) < 4.78 is 22.6. The third-order valence-electron chi connectivity index (χ3n) is 2.92. The van der Waals surface area contributed by atoms with Gasteiger partial charge in [-0.3, -0.25) is 0 Å². The molecule has 2 rings (SSSR count). The molecule has 1 fully saturated rings.